The summed E-state index contributed by atoms with van der Waals surface area (Å²) in [4.78, 5) is 0. The van der Waals surface area contributed by atoms with Crippen LogP contribution in [0.25, 0.3) is 0 Å². The first-order chi connectivity index (χ1) is 8.52. The molecule has 1 unspecified atom stereocenters. The second-order valence-electron chi connectivity index (χ2n) is 4.36. The van der Waals surface area contributed by atoms with E-state index in [0.29, 0.717) is 0 Å². The number of rotatable bonds is 3. The second kappa shape index (κ2) is 5.59. The van der Waals surface area contributed by atoms with Gasteiger partial charge in [0.2, 0.25) is 0 Å². The fourth-order valence-electron chi connectivity index (χ4n) is 2.16. The van der Waals surface area contributed by atoms with Crippen LogP contribution < -0.4 is 10.5 Å². The van der Waals surface area contributed by atoms with Gasteiger partial charge in [0.1, 0.15) is 5.75 Å². The molecule has 0 bridgehead atoms. The van der Waals surface area contributed by atoms with Gasteiger partial charge in [0.15, 0.2) is 0 Å². The predicted molar refractivity (Wildman–Crippen MR) is 85.5 cm³/mol. The van der Waals surface area contributed by atoms with Gasteiger partial charge in [-0.2, -0.15) is 0 Å². The lowest BCUT2D eigenvalue weighted by Gasteiger charge is -2.18. The van der Waals surface area contributed by atoms with E-state index in [-0.39, 0.29) is 6.04 Å². The van der Waals surface area contributed by atoms with Crippen LogP contribution in [0.15, 0.2) is 23.6 Å². The number of halogens is 1. The smallest absolute Gasteiger partial charge is 0.124 e. The van der Waals surface area contributed by atoms with Gasteiger partial charge in [0.25, 0.3) is 0 Å². The summed E-state index contributed by atoms with van der Waals surface area (Å²) < 4.78 is 6.73. The van der Waals surface area contributed by atoms with Crippen LogP contribution in [0.1, 0.15) is 28.3 Å². The zero-order valence-corrected chi connectivity index (χ0v) is 13.6. The van der Waals surface area contributed by atoms with Gasteiger partial charge in [-0.1, -0.05) is 6.07 Å². The molecule has 2 N–H and O–H groups in total. The zero-order valence-electron chi connectivity index (χ0n) is 10.7. The van der Waals surface area contributed by atoms with E-state index in [2.05, 4.69) is 54.0 Å². The first-order valence-corrected chi connectivity index (χ1v) is 7.63. The van der Waals surface area contributed by atoms with Crippen molar-refractivity contribution < 1.29 is 4.74 Å². The summed E-state index contributed by atoms with van der Waals surface area (Å²) in [5, 5.41) is 2.12. The Balaban J connectivity index is 2.50. The van der Waals surface area contributed by atoms with E-state index in [4.69, 9.17) is 10.5 Å². The summed E-state index contributed by atoms with van der Waals surface area (Å²) in [6.45, 7) is 4.15. The van der Waals surface area contributed by atoms with Crippen molar-refractivity contribution in [2.45, 2.75) is 19.9 Å². The Hall–Kier alpha value is -0.590. The molecule has 0 saturated carbocycles. The quantitative estimate of drug-likeness (QED) is 0.825. The van der Waals surface area contributed by atoms with Crippen molar-refractivity contribution in [2.24, 2.45) is 5.73 Å². The lowest BCUT2D eigenvalue weighted by molar-refractivity contribution is 0.407. The fraction of sp³-hybridized carbons (Fsp3) is 0.286. The zero-order chi connectivity index (χ0) is 13.3. The lowest BCUT2D eigenvalue weighted by atomic mass is 9.95. The number of benzene rings is 1. The minimum Gasteiger partial charge on any atom is -0.496 e. The molecule has 1 atom stereocenters. The molecule has 2 nitrogen and oxygen atoms in total. The van der Waals surface area contributed by atoms with E-state index in [1.54, 1.807) is 18.4 Å². The summed E-state index contributed by atoms with van der Waals surface area (Å²) in [5.41, 5.74) is 11.0. The first kappa shape index (κ1) is 13.8. The van der Waals surface area contributed by atoms with E-state index in [1.165, 1.54) is 14.0 Å². The molecular weight excluding hydrogens is 357 g/mol. The Morgan fingerprint density at radius 1 is 1.28 bits per heavy atom. The minimum atomic E-state index is -0.125. The number of ether oxygens (including phenoxy) is 1. The predicted octanol–water partition coefficient (Wildman–Crippen LogP) is 4.03. The number of hydrogen-bond acceptors (Lipinski definition) is 3. The molecule has 18 heavy (non-hydrogen) atoms. The molecule has 0 saturated heterocycles. The van der Waals surface area contributed by atoms with Gasteiger partial charge in [-0.05, 0) is 70.6 Å². The summed E-state index contributed by atoms with van der Waals surface area (Å²) in [6, 6.07) is 6.20. The van der Waals surface area contributed by atoms with Crippen LogP contribution >= 0.6 is 33.9 Å². The second-order valence-corrected chi connectivity index (χ2v) is 7.16. The molecule has 1 aromatic carbocycles. The van der Waals surface area contributed by atoms with Crippen molar-refractivity contribution in [1.82, 2.24) is 0 Å². The van der Waals surface area contributed by atoms with Crippen molar-refractivity contribution >= 4 is 33.9 Å². The van der Waals surface area contributed by atoms with Crippen molar-refractivity contribution in [3.63, 3.8) is 0 Å². The maximum atomic E-state index is 6.38. The van der Waals surface area contributed by atoms with Gasteiger partial charge < -0.3 is 10.5 Å². The Kier molecular flexibility index (Phi) is 4.29. The topological polar surface area (TPSA) is 35.2 Å². The van der Waals surface area contributed by atoms with Gasteiger partial charge in [-0.25, -0.2) is 0 Å². The SMILES string of the molecule is COc1cc(C)cc(C)c1C(N)c1csc(I)c1. The molecule has 0 aliphatic carbocycles. The summed E-state index contributed by atoms with van der Waals surface area (Å²) in [6.07, 6.45) is 0. The average molecular weight is 373 g/mol. The third kappa shape index (κ3) is 2.70. The number of thiophene rings is 1. The summed E-state index contributed by atoms with van der Waals surface area (Å²) in [7, 11) is 1.70. The van der Waals surface area contributed by atoms with Crippen LogP contribution in [-0.4, -0.2) is 7.11 Å². The highest BCUT2D eigenvalue weighted by molar-refractivity contribution is 14.1. The lowest BCUT2D eigenvalue weighted by Crippen LogP contribution is -2.14. The van der Waals surface area contributed by atoms with E-state index in [0.717, 1.165) is 16.9 Å². The Morgan fingerprint density at radius 3 is 2.56 bits per heavy atom. The van der Waals surface area contributed by atoms with E-state index in [9.17, 15) is 0 Å². The molecule has 0 aliphatic rings. The van der Waals surface area contributed by atoms with Gasteiger partial charge in [0.05, 0.1) is 16.0 Å². The van der Waals surface area contributed by atoms with Gasteiger partial charge in [0, 0.05) is 5.56 Å². The van der Waals surface area contributed by atoms with Gasteiger partial charge >= 0.3 is 0 Å². The molecular formula is C14H16INOS. The molecule has 0 amide bonds. The highest BCUT2D eigenvalue weighted by Crippen LogP contribution is 2.34. The highest BCUT2D eigenvalue weighted by atomic mass is 127. The molecule has 1 heterocycles. The van der Waals surface area contributed by atoms with Crippen molar-refractivity contribution in [1.29, 1.82) is 0 Å². The van der Waals surface area contributed by atoms with Crippen LogP contribution in [0.2, 0.25) is 0 Å². The average Bonchev–Trinajstić information content (AvgIpc) is 2.74. The number of hydrogen-bond donors (Lipinski definition) is 1. The molecule has 96 valence electrons. The third-order valence-corrected chi connectivity index (χ3v) is 4.78. The van der Waals surface area contributed by atoms with Crippen molar-refractivity contribution in [3.05, 3.63) is 48.7 Å². The summed E-state index contributed by atoms with van der Waals surface area (Å²) >= 11 is 4.03. The van der Waals surface area contributed by atoms with Gasteiger partial charge in [-0.3, -0.25) is 0 Å². The van der Waals surface area contributed by atoms with Crippen LogP contribution in [0.5, 0.6) is 5.75 Å². The van der Waals surface area contributed by atoms with Crippen LogP contribution in [0.3, 0.4) is 0 Å². The van der Waals surface area contributed by atoms with Crippen LogP contribution in [-0.2, 0) is 0 Å². The molecule has 0 spiro atoms. The normalized spacial score (nSPS) is 12.5. The van der Waals surface area contributed by atoms with Crippen LogP contribution in [0, 0.1) is 16.7 Å². The largest absolute Gasteiger partial charge is 0.496 e. The first-order valence-electron chi connectivity index (χ1n) is 5.67. The Labute approximate surface area is 125 Å². The van der Waals surface area contributed by atoms with E-state index >= 15 is 0 Å². The molecule has 2 aromatic rings. The molecule has 0 aliphatic heterocycles. The third-order valence-electron chi connectivity index (χ3n) is 2.97. The Bertz CT molecular complexity index is 565. The van der Waals surface area contributed by atoms with Crippen LogP contribution in [0.4, 0.5) is 0 Å². The van der Waals surface area contributed by atoms with Crippen molar-refractivity contribution in [3.8, 4) is 5.75 Å². The maximum Gasteiger partial charge on any atom is 0.124 e. The Morgan fingerprint density at radius 2 is 2.00 bits per heavy atom. The molecule has 2 rings (SSSR count). The standard InChI is InChI=1S/C14H16INOS/c1-8-4-9(2)13(11(5-8)17-3)14(16)10-6-12(15)18-7-10/h4-7,14H,16H2,1-3H3. The summed E-state index contributed by atoms with van der Waals surface area (Å²) in [5.74, 6) is 0.876. The minimum absolute atomic E-state index is 0.125. The van der Waals surface area contributed by atoms with E-state index < -0.39 is 0 Å². The highest BCUT2D eigenvalue weighted by Gasteiger charge is 2.18. The van der Waals surface area contributed by atoms with E-state index in [1.807, 2.05) is 6.07 Å². The molecule has 0 fully saturated rings. The molecule has 1 aromatic heterocycles. The fourth-order valence-corrected chi connectivity index (χ4v) is 3.57. The van der Waals surface area contributed by atoms with Gasteiger partial charge in [-0.15, -0.1) is 11.3 Å². The maximum absolute atomic E-state index is 6.38. The number of methoxy groups -OCH3 is 1. The molecule has 4 heteroatoms. The molecule has 0 radical (unpaired) electrons. The van der Waals surface area contributed by atoms with Crippen molar-refractivity contribution in [2.75, 3.05) is 7.11 Å². The number of nitrogens with two attached hydrogens (primary N) is 1. The monoisotopic (exact) mass is 373 g/mol. The number of aryl methyl sites for hydroxylation is 2.